The van der Waals surface area contributed by atoms with Crippen LogP contribution in [0.15, 0.2) is 71.6 Å². The molecule has 1 heterocycles. The monoisotopic (exact) mass is 656 g/mol. The number of imidazole rings is 1. The maximum Gasteiger partial charge on any atom is 0.416 e. The molecular formula is C34H39F3N4O4S. The van der Waals surface area contributed by atoms with E-state index in [1.807, 2.05) is 52.3 Å². The van der Waals surface area contributed by atoms with Gasteiger partial charge in [0, 0.05) is 36.6 Å². The van der Waals surface area contributed by atoms with E-state index in [0.29, 0.717) is 12.8 Å². The topological polar surface area (TPSA) is 96.7 Å². The summed E-state index contributed by atoms with van der Waals surface area (Å²) in [6, 6.07) is 18.8. The number of carbonyl (C=O) groups is 2. The van der Waals surface area contributed by atoms with Gasteiger partial charge in [-0.15, -0.1) is 0 Å². The number of anilines is 1. The molecule has 12 heteroatoms. The summed E-state index contributed by atoms with van der Waals surface area (Å²) in [7, 11) is 5.84. The van der Waals surface area contributed by atoms with Gasteiger partial charge in [-0.25, -0.2) is 4.98 Å². The number of benzene rings is 3. The first-order chi connectivity index (χ1) is 21.9. The van der Waals surface area contributed by atoms with Crippen LogP contribution in [-0.2, 0) is 22.8 Å². The van der Waals surface area contributed by atoms with Crippen LogP contribution in [-0.4, -0.2) is 53.7 Å². The van der Waals surface area contributed by atoms with Gasteiger partial charge in [-0.3, -0.25) is 4.79 Å². The lowest BCUT2D eigenvalue weighted by Crippen LogP contribution is -2.45. The summed E-state index contributed by atoms with van der Waals surface area (Å²) in [4.78, 5) is 27.1. The fourth-order valence-electron chi connectivity index (χ4n) is 5.96. The number of nitrogens with one attached hydrogen (secondary N) is 1. The first kappa shape index (κ1) is 34.8. The number of aromatic nitrogens is 2. The molecule has 1 fully saturated rings. The predicted molar refractivity (Wildman–Crippen MR) is 174 cm³/mol. The van der Waals surface area contributed by atoms with Crippen molar-refractivity contribution >= 4 is 40.9 Å². The van der Waals surface area contributed by atoms with Crippen molar-refractivity contribution in [2.24, 2.45) is 18.9 Å². The summed E-state index contributed by atoms with van der Waals surface area (Å²) in [5, 5.41) is 13.6. The van der Waals surface area contributed by atoms with E-state index in [1.165, 1.54) is 19.1 Å². The van der Waals surface area contributed by atoms with Crippen LogP contribution in [0.3, 0.4) is 0 Å². The second-order valence-corrected chi connectivity index (χ2v) is 12.5. The number of carbonyl (C=O) groups excluding carboxylic acids is 1. The Morgan fingerprint density at radius 2 is 1.78 bits per heavy atom. The van der Waals surface area contributed by atoms with E-state index in [1.54, 1.807) is 11.9 Å². The fraction of sp³-hybridized carbons (Fsp3) is 0.382. The van der Waals surface area contributed by atoms with Gasteiger partial charge >= 0.3 is 12.1 Å². The van der Waals surface area contributed by atoms with Crippen LogP contribution < -0.4 is 14.4 Å². The highest BCUT2D eigenvalue weighted by atomic mass is 32.2. The maximum absolute atomic E-state index is 12.9. The molecule has 0 spiro atoms. The highest BCUT2D eigenvalue weighted by Gasteiger charge is 2.43. The highest BCUT2D eigenvalue weighted by Crippen LogP contribution is 2.43. The third-order valence-corrected chi connectivity index (χ3v) is 9.36. The smallest absolute Gasteiger partial charge is 0.416 e. The number of aldehydes is 1. The van der Waals surface area contributed by atoms with Crippen LogP contribution in [0.25, 0.3) is 11.0 Å². The zero-order valence-electron chi connectivity index (χ0n) is 26.4. The minimum atomic E-state index is -4.43. The van der Waals surface area contributed by atoms with Crippen LogP contribution >= 0.6 is 11.9 Å². The van der Waals surface area contributed by atoms with Crippen LogP contribution in [0.2, 0.25) is 0 Å². The van der Waals surface area contributed by atoms with E-state index >= 15 is 0 Å². The highest BCUT2D eigenvalue weighted by molar-refractivity contribution is 8.00. The molecule has 5 rings (SSSR count). The van der Waals surface area contributed by atoms with E-state index in [9.17, 15) is 23.1 Å². The molecule has 1 saturated carbocycles. The maximum atomic E-state index is 12.9. The number of aliphatic carboxylic acids is 1. The van der Waals surface area contributed by atoms with E-state index in [0.717, 1.165) is 51.4 Å². The number of fused-ring (bicyclic) bond motifs is 1. The summed E-state index contributed by atoms with van der Waals surface area (Å²) >= 11 is 1.59. The summed E-state index contributed by atoms with van der Waals surface area (Å²) in [6.07, 6.45) is -2.44. The van der Waals surface area contributed by atoms with Gasteiger partial charge in [0.05, 0.1) is 29.1 Å². The minimum absolute atomic E-state index is 0.0739. The average Bonchev–Trinajstić information content (AvgIpc) is 3.31. The Labute approximate surface area is 271 Å². The Hall–Kier alpha value is -4.03. The Bertz CT molecular complexity index is 1630. The van der Waals surface area contributed by atoms with E-state index in [2.05, 4.69) is 37.4 Å². The molecule has 0 saturated heterocycles. The van der Waals surface area contributed by atoms with E-state index in [4.69, 9.17) is 9.53 Å². The number of carboxylic acid groups (broad SMARTS) is 1. The van der Waals surface area contributed by atoms with Gasteiger partial charge in [-0.2, -0.15) is 13.2 Å². The van der Waals surface area contributed by atoms with Crippen molar-refractivity contribution in [2.75, 3.05) is 25.0 Å². The fourth-order valence-corrected chi connectivity index (χ4v) is 6.79. The van der Waals surface area contributed by atoms with Crippen molar-refractivity contribution in [3.05, 3.63) is 83.7 Å². The molecule has 2 unspecified atom stereocenters. The summed E-state index contributed by atoms with van der Waals surface area (Å²) in [6.45, 7) is 3.52. The van der Waals surface area contributed by atoms with Gasteiger partial charge in [-0.1, -0.05) is 12.1 Å². The second kappa shape index (κ2) is 15.0. The zero-order valence-corrected chi connectivity index (χ0v) is 27.2. The Kier molecular flexibility index (Phi) is 11.4. The second-order valence-electron chi connectivity index (χ2n) is 11.3. The van der Waals surface area contributed by atoms with Crippen molar-refractivity contribution in [3.8, 4) is 5.75 Å². The van der Waals surface area contributed by atoms with Crippen molar-refractivity contribution in [1.82, 2.24) is 14.9 Å². The Balaban J connectivity index is 0.00000154. The molecule has 4 atom stereocenters. The largest absolute Gasteiger partial charge is 0.493 e. The summed E-state index contributed by atoms with van der Waals surface area (Å²) in [5.41, 5.74) is 3.17. The quantitative estimate of drug-likeness (QED) is 0.145. The average molecular weight is 657 g/mol. The molecule has 4 aromatic rings. The number of carboxylic acids is 1. The third-order valence-electron chi connectivity index (χ3n) is 8.41. The third kappa shape index (κ3) is 8.21. The summed E-state index contributed by atoms with van der Waals surface area (Å²) in [5.74, 6) is -0.964. The van der Waals surface area contributed by atoms with Crippen LogP contribution in [0.4, 0.5) is 18.9 Å². The van der Waals surface area contributed by atoms with Gasteiger partial charge < -0.3 is 28.8 Å². The molecule has 0 aliphatic heterocycles. The number of ether oxygens (including phenoxy) is 1. The standard InChI is InChI=1S/C32H35F3N4O3S.C2H4O/c1-19-37-28-17-26(13-14-29(28)38(19)3)43-39(4)24-9-5-20(6-10-24)27-16-23(36-2)15-21(30(27)31(40)41)18-42-25-11-7-22(8-12-25)32(33,34)35;1-2-3/h5-14,17,21,23,27,30,36H,15-16,18H2,1-4H3,(H,40,41);2H,1H3/t21-,23?,27+,30?;/m1./s1. The SMILES string of the molecule is CC=O.CNC1C[C@H](COc2ccc(C(F)(F)F)cc2)C(C(=O)O)[C@H](c2ccc(N(C)Sc3ccc4c(c3)nc(C)n4C)cc2)C1. The molecule has 8 nitrogen and oxygen atoms in total. The van der Waals surface area contributed by atoms with Gasteiger partial charge in [0.1, 0.15) is 17.9 Å². The van der Waals surface area contributed by atoms with Crippen LogP contribution in [0, 0.1) is 18.8 Å². The van der Waals surface area contributed by atoms with Crippen molar-refractivity contribution < 1.29 is 32.6 Å². The molecule has 1 aromatic heterocycles. The molecule has 246 valence electrons. The first-order valence-corrected chi connectivity index (χ1v) is 15.7. The number of halogens is 3. The lowest BCUT2D eigenvalue weighted by molar-refractivity contribution is -0.147. The van der Waals surface area contributed by atoms with Gasteiger partial charge in [0.25, 0.3) is 0 Å². The number of alkyl halides is 3. The molecule has 46 heavy (non-hydrogen) atoms. The predicted octanol–water partition coefficient (Wildman–Crippen LogP) is 7.11. The molecule has 1 aliphatic rings. The van der Waals surface area contributed by atoms with Gasteiger partial charge in [0.15, 0.2) is 0 Å². The van der Waals surface area contributed by atoms with Crippen molar-refractivity contribution in [1.29, 1.82) is 0 Å². The molecule has 2 N–H and O–H groups in total. The number of nitrogens with zero attached hydrogens (tertiary/aromatic N) is 3. The van der Waals surface area contributed by atoms with Crippen molar-refractivity contribution in [3.63, 3.8) is 0 Å². The molecule has 0 radical (unpaired) electrons. The van der Waals surface area contributed by atoms with Crippen LogP contribution in [0.1, 0.15) is 42.6 Å². The zero-order chi connectivity index (χ0) is 33.6. The molecule has 3 aromatic carbocycles. The molecule has 0 amide bonds. The number of hydrogen-bond acceptors (Lipinski definition) is 7. The number of hydrogen-bond donors (Lipinski definition) is 2. The van der Waals surface area contributed by atoms with Gasteiger partial charge in [-0.05, 0) is 112 Å². The van der Waals surface area contributed by atoms with Crippen LogP contribution in [0.5, 0.6) is 5.75 Å². The molecule has 1 aliphatic carbocycles. The number of rotatable bonds is 9. The Morgan fingerprint density at radius 1 is 1.13 bits per heavy atom. The normalized spacial score (nSPS) is 19.7. The lowest BCUT2D eigenvalue weighted by atomic mass is 9.67. The lowest BCUT2D eigenvalue weighted by Gasteiger charge is -2.40. The number of aryl methyl sites for hydroxylation is 2. The van der Waals surface area contributed by atoms with E-state index < -0.39 is 23.6 Å². The Morgan fingerprint density at radius 3 is 2.37 bits per heavy atom. The molecular weight excluding hydrogens is 617 g/mol. The van der Waals surface area contributed by atoms with E-state index in [-0.39, 0.29) is 30.2 Å². The first-order valence-electron chi connectivity index (χ1n) is 14.9. The minimum Gasteiger partial charge on any atom is -0.493 e. The molecule has 0 bridgehead atoms. The van der Waals surface area contributed by atoms with Gasteiger partial charge in [0.2, 0.25) is 0 Å². The summed E-state index contributed by atoms with van der Waals surface area (Å²) < 4.78 is 48.8. The van der Waals surface area contributed by atoms with Crippen molar-refractivity contribution in [2.45, 2.75) is 49.7 Å².